The van der Waals surface area contributed by atoms with Gasteiger partial charge in [0.25, 0.3) is 0 Å². The molecule has 0 saturated heterocycles. The molecule has 3 unspecified atom stereocenters. The number of hydrogen-bond donors (Lipinski definition) is 3. The van der Waals surface area contributed by atoms with Gasteiger partial charge in [-0.05, 0) is 77.0 Å². The highest BCUT2D eigenvalue weighted by atomic mass is 16.5. The molecule has 6 heteroatoms. The Balaban J connectivity index is 4.66. The lowest BCUT2D eigenvalue weighted by atomic mass is 10.0. The number of hydrogen-bond acceptors (Lipinski definition) is 5. The number of nitrogens with one attached hydrogen (secondary N) is 1. The summed E-state index contributed by atoms with van der Waals surface area (Å²) in [4.78, 5) is 26.1. The van der Waals surface area contributed by atoms with Gasteiger partial charge < -0.3 is 20.3 Å². The fourth-order valence-electron chi connectivity index (χ4n) is 7.77. The minimum Gasteiger partial charge on any atom is -0.462 e. The molecule has 3 N–H and O–H groups in total. The molecule has 0 bridgehead atoms. The van der Waals surface area contributed by atoms with Crippen LogP contribution in [0.15, 0.2) is 72.9 Å². The molecular formula is C57H101NO5. The molecule has 364 valence electrons. The molecule has 0 aliphatic carbocycles. The maximum Gasteiger partial charge on any atom is 0.306 e. The van der Waals surface area contributed by atoms with E-state index >= 15 is 0 Å². The maximum atomic E-state index is 13.2. The number of aliphatic hydroxyl groups is 2. The topological polar surface area (TPSA) is 95.9 Å². The van der Waals surface area contributed by atoms with Crippen LogP contribution in [0.2, 0.25) is 0 Å². The van der Waals surface area contributed by atoms with Crippen LogP contribution < -0.4 is 5.32 Å². The molecule has 6 nitrogen and oxygen atoms in total. The van der Waals surface area contributed by atoms with Crippen molar-refractivity contribution >= 4 is 11.9 Å². The highest BCUT2D eigenvalue weighted by Gasteiger charge is 2.24. The summed E-state index contributed by atoms with van der Waals surface area (Å²) < 4.78 is 5.87. The predicted octanol–water partition coefficient (Wildman–Crippen LogP) is 16.2. The number of aliphatic hydroxyl groups excluding tert-OH is 2. The van der Waals surface area contributed by atoms with E-state index in [4.69, 9.17) is 4.74 Å². The average molecular weight is 880 g/mol. The van der Waals surface area contributed by atoms with Crippen molar-refractivity contribution in [3.63, 3.8) is 0 Å². The first kappa shape index (κ1) is 60.3. The molecule has 0 radical (unpaired) electrons. The summed E-state index contributed by atoms with van der Waals surface area (Å²) in [5.74, 6) is -0.609. The molecule has 0 fully saturated rings. The lowest BCUT2D eigenvalue weighted by Crippen LogP contribution is -2.46. The van der Waals surface area contributed by atoms with Crippen molar-refractivity contribution in [2.45, 2.75) is 270 Å². The second kappa shape index (κ2) is 50.3. The number of rotatable bonds is 47. The molecule has 1 amide bonds. The summed E-state index contributed by atoms with van der Waals surface area (Å²) in [5.41, 5.74) is 0. The molecule has 3 atom stereocenters. The Kier molecular flexibility index (Phi) is 48.1. The minimum absolute atomic E-state index is 0.0154. The average Bonchev–Trinajstić information content (AvgIpc) is 3.28. The lowest BCUT2D eigenvalue weighted by Gasteiger charge is -2.24. The molecule has 0 aromatic heterocycles. The van der Waals surface area contributed by atoms with E-state index in [-0.39, 0.29) is 31.3 Å². The summed E-state index contributed by atoms with van der Waals surface area (Å²) in [7, 11) is 0. The Hall–Kier alpha value is -2.70. The van der Waals surface area contributed by atoms with Gasteiger partial charge in [-0.1, -0.05) is 235 Å². The van der Waals surface area contributed by atoms with Gasteiger partial charge in [-0.3, -0.25) is 9.59 Å². The third-order valence-corrected chi connectivity index (χ3v) is 11.8. The van der Waals surface area contributed by atoms with Crippen molar-refractivity contribution in [2.75, 3.05) is 6.61 Å². The van der Waals surface area contributed by atoms with Crippen molar-refractivity contribution in [2.24, 2.45) is 0 Å². The van der Waals surface area contributed by atoms with Crippen molar-refractivity contribution in [1.29, 1.82) is 0 Å². The van der Waals surface area contributed by atoms with Gasteiger partial charge in [-0.2, -0.15) is 0 Å². The normalized spacial score (nSPS) is 13.8. The van der Waals surface area contributed by atoms with Crippen LogP contribution in [0.1, 0.15) is 252 Å². The minimum atomic E-state index is -0.813. The predicted molar refractivity (Wildman–Crippen MR) is 273 cm³/mol. The van der Waals surface area contributed by atoms with E-state index < -0.39 is 18.2 Å². The van der Waals surface area contributed by atoms with E-state index in [1.807, 2.05) is 6.08 Å². The van der Waals surface area contributed by atoms with E-state index in [1.165, 1.54) is 128 Å². The van der Waals surface area contributed by atoms with Crippen LogP contribution in [0, 0.1) is 0 Å². The molecule has 0 heterocycles. The zero-order chi connectivity index (χ0) is 45.9. The summed E-state index contributed by atoms with van der Waals surface area (Å²) in [6, 6.07) is -0.732. The molecule has 0 aromatic carbocycles. The van der Waals surface area contributed by atoms with Crippen LogP contribution in [0.3, 0.4) is 0 Å². The first-order valence-corrected chi connectivity index (χ1v) is 26.7. The Bertz CT molecular complexity index is 1170. The molecule has 0 aliphatic rings. The SMILES string of the molecule is CC/C=C/C/C=C/C/C=C/C/C=C/CCCC(CC(=O)NC(CO)C(O)CCCCCCCCCCCCCCCCCCC)OC(=O)CC/C=C/C/C=C\CCCCCCCC. The molecule has 0 saturated carbocycles. The lowest BCUT2D eigenvalue weighted by molar-refractivity contribution is -0.150. The molecular weight excluding hydrogens is 779 g/mol. The smallest absolute Gasteiger partial charge is 0.306 e. The first-order chi connectivity index (χ1) is 31.0. The van der Waals surface area contributed by atoms with Gasteiger partial charge in [0.2, 0.25) is 5.91 Å². The summed E-state index contributed by atoms with van der Waals surface area (Å²) in [5, 5.41) is 23.8. The molecule has 0 rings (SSSR count). The number of allylic oxidation sites excluding steroid dienone is 12. The fourth-order valence-corrected chi connectivity index (χ4v) is 7.77. The van der Waals surface area contributed by atoms with Crippen LogP contribution in [0.5, 0.6) is 0 Å². The Morgan fingerprint density at radius 2 is 0.873 bits per heavy atom. The number of ether oxygens (including phenoxy) is 1. The number of esters is 1. The van der Waals surface area contributed by atoms with E-state index in [9.17, 15) is 19.8 Å². The highest BCUT2D eigenvalue weighted by Crippen LogP contribution is 2.17. The number of carbonyl (C=O) groups excluding carboxylic acids is 2. The Morgan fingerprint density at radius 1 is 0.476 bits per heavy atom. The maximum absolute atomic E-state index is 13.2. The zero-order valence-electron chi connectivity index (χ0n) is 41.4. The zero-order valence-corrected chi connectivity index (χ0v) is 41.4. The monoisotopic (exact) mass is 880 g/mol. The second-order valence-corrected chi connectivity index (χ2v) is 17.9. The summed E-state index contributed by atoms with van der Waals surface area (Å²) in [6.07, 6.45) is 64.1. The summed E-state index contributed by atoms with van der Waals surface area (Å²) in [6.45, 7) is 6.34. The van der Waals surface area contributed by atoms with Crippen LogP contribution >= 0.6 is 0 Å². The van der Waals surface area contributed by atoms with Crippen LogP contribution in [-0.4, -0.2) is 46.9 Å². The van der Waals surface area contributed by atoms with Gasteiger partial charge in [0.1, 0.15) is 6.10 Å². The number of amides is 1. The fraction of sp³-hybridized carbons (Fsp3) is 0.754. The largest absolute Gasteiger partial charge is 0.462 e. The Morgan fingerprint density at radius 3 is 1.33 bits per heavy atom. The van der Waals surface area contributed by atoms with Gasteiger partial charge in [-0.25, -0.2) is 0 Å². The van der Waals surface area contributed by atoms with Gasteiger partial charge >= 0.3 is 5.97 Å². The third kappa shape index (κ3) is 45.7. The van der Waals surface area contributed by atoms with Crippen molar-refractivity contribution in [1.82, 2.24) is 5.32 Å². The van der Waals surface area contributed by atoms with Gasteiger partial charge in [0, 0.05) is 6.42 Å². The first-order valence-electron chi connectivity index (χ1n) is 26.7. The van der Waals surface area contributed by atoms with E-state index in [0.29, 0.717) is 19.3 Å². The number of unbranched alkanes of at least 4 members (excludes halogenated alkanes) is 23. The third-order valence-electron chi connectivity index (χ3n) is 11.8. The van der Waals surface area contributed by atoms with Gasteiger partial charge in [0.05, 0.1) is 25.2 Å². The van der Waals surface area contributed by atoms with Gasteiger partial charge in [0.15, 0.2) is 0 Å². The Labute approximate surface area is 390 Å². The van der Waals surface area contributed by atoms with E-state index in [0.717, 1.165) is 70.6 Å². The van der Waals surface area contributed by atoms with Crippen LogP contribution in [-0.2, 0) is 14.3 Å². The number of carbonyl (C=O) groups is 2. The second-order valence-electron chi connectivity index (χ2n) is 17.9. The van der Waals surface area contributed by atoms with E-state index in [1.54, 1.807) is 0 Å². The van der Waals surface area contributed by atoms with Crippen molar-refractivity contribution < 1.29 is 24.5 Å². The van der Waals surface area contributed by atoms with Crippen LogP contribution in [0.4, 0.5) is 0 Å². The van der Waals surface area contributed by atoms with Crippen molar-refractivity contribution in [3.8, 4) is 0 Å². The molecule has 0 aromatic rings. The molecule has 0 spiro atoms. The summed E-state index contributed by atoms with van der Waals surface area (Å²) >= 11 is 0. The highest BCUT2D eigenvalue weighted by molar-refractivity contribution is 5.77. The standard InChI is InChI=1S/C57H101NO5/c1-4-7-10-13-16-19-22-25-27-28-29-32-34-37-40-43-46-49-55(60)54(52-59)58-56(61)51-53(48-45-42-39-36-33-31-26-23-20-17-14-11-8-5-2)63-57(62)50-47-44-41-38-35-30-24-21-18-15-12-9-6-3/h8,11,17,20,26,30-31,35-36,39,41,44,53-55,59-60H,4-7,9-10,12-16,18-19,21-25,27-29,32-34,37-38,40,42-43,45-52H2,1-3H3,(H,58,61)/b11-8+,20-17+,31-26+,35-30-,39-36+,44-41+. The quantitative estimate of drug-likeness (QED) is 0.0321. The van der Waals surface area contributed by atoms with Crippen molar-refractivity contribution in [3.05, 3.63) is 72.9 Å². The van der Waals surface area contributed by atoms with E-state index in [2.05, 4.69) is 92.9 Å². The van der Waals surface area contributed by atoms with Gasteiger partial charge in [-0.15, -0.1) is 0 Å². The van der Waals surface area contributed by atoms with Crippen LogP contribution in [0.25, 0.3) is 0 Å². The molecule has 63 heavy (non-hydrogen) atoms. The molecule has 0 aliphatic heterocycles.